The second-order valence-corrected chi connectivity index (χ2v) is 21.0. The summed E-state index contributed by atoms with van der Waals surface area (Å²) in [6, 6.07) is 43.4. The van der Waals surface area contributed by atoms with Gasteiger partial charge in [0, 0.05) is 39.5 Å². The van der Waals surface area contributed by atoms with E-state index in [4.69, 9.17) is 0 Å². The van der Waals surface area contributed by atoms with Crippen LogP contribution in [0.15, 0.2) is 182 Å². The normalized spacial score (nSPS) is 12.5. The Hall–Kier alpha value is -9.62. The van der Waals surface area contributed by atoms with Crippen LogP contribution in [-0.4, -0.2) is 14.1 Å². The van der Waals surface area contributed by atoms with E-state index in [1.807, 2.05) is 54.8 Å². The molecule has 0 spiro atoms. The predicted octanol–water partition coefficient (Wildman–Crippen LogP) is 20.8. The fraction of sp³-hybridized carbons (Fsp3) is 0.118. The lowest BCUT2D eigenvalue weighted by Gasteiger charge is -2.22. The summed E-state index contributed by atoms with van der Waals surface area (Å²) in [6.07, 6.45) is -17.0. The van der Waals surface area contributed by atoms with Crippen molar-refractivity contribution < 1.29 is 52.7 Å². The first kappa shape index (κ1) is 54.9. The van der Waals surface area contributed by atoms with E-state index in [-0.39, 0.29) is 61.9 Å². The molecule has 0 saturated heterocycles. The molecule has 0 aliphatic rings. The second kappa shape index (κ2) is 19.8. The lowest BCUT2D eigenvalue weighted by molar-refractivity contribution is -0.143. The number of nitriles is 1. The molecule has 0 aliphatic heterocycles. The van der Waals surface area contributed by atoms with Crippen molar-refractivity contribution in [1.29, 1.82) is 5.26 Å². The first-order chi connectivity index (χ1) is 39.8. The predicted molar refractivity (Wildman–Crippen MR) is 304 cm³/mol. The summed E-state index contributed by atoms with van der Waals surface area (Å²) in [5.41, 5.74) is 1.14. The van der Waals surface area contributed by atoms with Crippen molar-refractivity contribution in [2.24, 2.45) is 0 Å². The third kappa shape index (κ3) is 9.56. The van der Waals surface area contributed by atoms with Gasteiger partial charge in [0.2, 0.25) is 0 Å². The average molecular weight is 1140 g/mol. The molecule has 0 fully saturated rings. The van der Waals surface area contributed by atoms with Crippen molar-refractivity contribution in [3.8, 4) is 73.1 Å². The van der Waals surface area contributed by atoms with Crippen molar-refractivity contribution in [3.63, 3.8) is 0 Å². The number of alkyl halides is 12. The first-order valence-electron chi connectivity index (χ1n) is 26.2. The van der Waals surface area contributed by atoms with E-state index >= 15 is 39.5 Å². The molecule has 0 saturated carbocycles. The first-order valence-corrected chi connectivity index (χ1v) is 26.2. The Labute approximate surface area is 471 Å². The van der Waals surface area contributed by atoms with E-state index in [9.17, 15) is 18.4 Å². The Bertz CT molecular complexity index is 4720. The minimum absolute atomic E-state index is 0.00897. The Kier molecular flexibility index (Phi) is 12.9. The molecular weight excluding hydrogens is 1100 g/mol. The molecule has 12 aromatic rings. The Morgan fingerprint density at radius 1 is 0.357 bits per heavy atom. The lowest BCUT2D eigenvalue weighted by atomic mass is 9.95. The van der Waals surface area contributed by atoms with Gasteiger partial charge in [-0.2, -0.15) is 57.9 Å². The van der Waals surface area contributed by atoms with Crippen LogP contribution in [0.5, 0.6) is 0 Å². The van der Waals surface area contributed by atoms with Crippen molar-refractivity contribution in [2.75, 3.05) is 0 Å². The zero-order valence-corrected chi connectivity index (χ0v) is 44.6. The van der Waals surface area contributed by atoms with Crippen LogP contribution in [0, 0.1) is 39.0 Å². The van der Waals surface area contributed by atoms with E-state index in [1.165, 1.54) is 73.9 Å². The van der Waals surface area contributed by atoms with Crippen molar-refractivity contribution in [1.82, 2.24) is 14.1 Å². The summed E-state index contributed by atoms with van der Waals surface area (Å²) in [5.74, 6) is 0. The van der Waals surface area contributed by atoms with Crippen LogP contribution in [0.4, 0.5) is 52.7 Å². The highest BCUT2D eigenvalue weighted by molar-refractivity contribution is 6.14. The van der Waals surface area contributed by atoms with Gasteiger partial charge >= 0.3 is 24.7 Å². The third-order valence-corrected chi connectivity index (χ3v) is 15.5. The smallest absolute Gasteiger partial charge is 0.308 e. The van der Waals surface area contributed by atoms with Crippen LogP contribution in [0.2, 0.25) is 0 Å². The number of aryl methyl sites for hydroxylation is 4. The van der Waals surface area contributed by atoms with Crippen LogP contribution in [0.25, 0.3) is 111 Å². The molecule has 0 amide bonds. The van der Waals surface area contributed by atoms with Crippen LogP contribution < -0.4 is 0 Å². The number of aromatic nitrogens is 3. The van der Waals surface area contributed by atoms with Crippen LogP contribution in [0.1, 0.15) is 50.1 Å². The van der Waals surface area contributed by atoms with E-state index in [0.717, 1.165) is 40.5 Å². The van der Waals surface area contributed by atoms with Gasteiger partial charge < -0.3 is 9.13 Å². The molecule has 0 N–H and O–H groups in total. The maximum absolute atomic E-state index is 15.0. The summed E-state index contributed by atoms with van der Waals surface area (Å²) in [4.78, 5) is 4.29. The maximum Gasteiger partial charge on any atom is 0.417 e. The highest BCUT2D eigenvalue weighted by Gasteiger charge is 2.39. The third-order valence-electron chi connectivity index (χ3n) is 15.5. The Morgan fingerprint density at radius 2 is 0.714 bits per heavy atom. The van der Waals surface area contributed by atoms with Crippen LogP contribution in [-0.2, 0) is 24.7 Å². The minimum Gasteiger partial charge on any atom is -0.308 e. The van der Waals surface area contributed by atoms with Gasteiger partial charge in [0.05, 0.1) is 67.3 Å². The van der Waals surface area contributed by atoms with E-state index in [0.29, 0.717) is 60.9 Å². The van der Waals surface area contributed by atoms with Crippen molar-refractivity contribution >= 4 is 43.6 Å². The molecule has 4 nitrogen and oxygen atoms in total. The molecular formula is C68H42F12N4. The minimum atomic E-state index is -5.28. The summed E-state index contributed by atoms with van der Waals surface area (Å²) >= 11 is 0. The zero-order chi connectivity index (χ0) is 59.5. The number of fused-ring (bicyclic) bond motifs is 6. The monoisotopic (exact) mass is 1140 g/mol. The average Bonchev–Trinajstić information content (AvgIpc) is 1.74. The summed E-state index contributed by atoms with van der Waals surface area (Å²) in [7, 11) is 0. The number of pyridine rings is 1. The van der Waals surface area contributed by atoms with Gasteiger partial charge in [-0.05, 0) is 156 Å². The number of benzene rings is 9. The molecule has 0 aliphatic carbocycles. The van der Waals surface area contributed by atoms with E-state index < -0.39 is 52.5 Å². The molecule has 84 heavy (non-hydrogen) atoms. The van der Waals surface area contributed by atoms with Crippen molar-refractivity contribution in [3.05, 3.63) is 232 Å². The summed E-state index contributed by atoms with van der Waals surface area (Å²) in [5, 5.41) is 13.2. The number of rotatable bonds is 7. The van der Waals surface area contributed by atoms with Gasteiger partial charge in [0.15, 0.2) is 0 Å². The molecule has 0 atom stereocenters. The molecule has 12 rings (SSSR count). The standard InChI is InChI=1S/C68H42F12N4/c1-36-5-13-47(39(4)25-36)42-8-16-51-52-17-9-43(48-14-6-37(2)26-55(48)66(72,73)74)31-59(52)83(58(51)30-42)62-28-40(35-81)29-63(64(62)41-21-23-82-24-22-41)84-60-32-44(49-15-7-38(3)27-56(49)67(75,76)77)10-18-53(60)54-19-11-45(33-61(54)84)50-20-12-46(65(69,70)71)34-57(50)68(78,79)80/h5-34H,1-4H3. The quantitative estimate of drug-likeness (QED) is 0.149. The van der Waals surface area contributed by atoms with E-state index in [2.05, 4.69) is 11.1 Å². The van der Waals surface area contributed by atoms with Gasteiger partial charge in [0.25, 0.3) is 0 Å². The molecule has 9 aromatic carbocycles. The number of halogens is 12. The van der Waals surface area contributed by atoms with Gasteiger partial charge in [-0.1, -0.05) is 114 Å². The van der Waals surface area contributed by atoms with Gasteiger partial charge in [-0.3, -0.25) is 4.98 Å². The van der Waals surface area contributed by atoms with Gasteiger partial charge in [0.1, 0.15) is 0 Å². The molecule has 3 aromatic heterocycles. The highest BCUT2D eigenvalue weighted by Crippen LogP contribution is 2.49. The summed E-state index contributed by atoms with van der Waals surface area (Å²) in [6.45, 7) is 7.00. The molecule has 0 radical (unpaired) electrons. The highest BCUT2D eigenvalue weighted by atomic mass is 19.4. The van der Waals surface area contributed by atoms with Gasteiger partial charge in [-0.15, -0.1) is 0 Å². The number of hydrogen-bond acceptors (Lipinski definition) is 2. The SMILES string of the molecule is Cc1ccc(-c2ccc3c4ccc(-c5ccc(C)cc5C(F)(F)F)cc4n(-c4cc(C#N)cc(-n5c6cc(-c7ccc(C)cc7C(F)(F)F)ccc6c6ccc(-c7ccc(C(F)(F)F)cc7C(F)(F)F)cc65)c4-c4ccncc4)c3c2)c(C)c1. The maximum atomic E-state index is 15.0. The Balaban J connectivity index is 1.25. The van der Waals surface area contributed by atoms with Crippen LogP contribution >= 0.6 is 0 Å². The summed E-state index contributed by atoms with van der Waals surface area (Å²) < 4.78 is 181. The fourth-order valence-corrected chi connectivity index (χ4v) is 11.7. The zero-order valence-electron chi connectivity index (χ0n) is 44.6. The van der Waals surface area contributed by atoms with Crippen molar-refractivity contribution in [2.45, 2.75) is 52.4 Å². The number of nitrogens with zero attached hydrogens (tertiary/aromatic N) is 4. The molecule has 16 heteroatoms. The molecule has 3 heterocycles. The Morgan fingerprint density at radius 3 is 1.08 bits per heavy atom. The largest absolute Gasteiger partial charge is 0.417 e. The van der Waals surface area contributed by atoms with Gasteiger partial charge in [-0.25, -0.2) is 0 Å². The molecule has 0 unspecified atom stereocenters. The van der Waals surface area contributed by atoms with Crippen LogP contribution in [0.3, 0.4) is 0 Å². The van der Waals surface area contributed by atoms with E-state index in [1.54, 1.807) is 60.0 Å². The molecule has 418 valence electrons. The molecule has 0 bridgehead atoms. The number of hydrogen-bond donors (Lipinski definition) is 0. The lowest BCUT2D eigenvalue weighted by Crippen LogP contribution is -2.12. The second-order valence-electron chi connectivity index (χ2n) is 21.0. The topological polar surface area (TPSA) is 46.5 Å². The fourth-order valence-electron chi connectivity index (χ4n) is 11.7.